The fourth-order valence-corrected chi connectivity index (χ4v) is 2.53. The summed E-state index contributed by atoms with van der Waals surface area (Å²) < 4.78 is 9.96. The zero-order chi connectivity index (χ0) is 15.9. The van der Waals surface area contributed by atoms with Crippen LogP contribution in [0.3, 0.4) is 0 Å². The average molecular weight is 298 g/mol. The summed E-state index contributed by atoms with van der Waals surface area (Å²) in [4.78, 5) is 11.3. The van der Waals surface area contributed by atoms with E-state index < -0.39 is 0 Å². The van der Waals surface area contributed by atoms with Crippen LogP contribution in [0.5, 0.6) is 5.75 Å². The Morgan fingerprint density at radius 1 is 1.18 bits per heavy atom. The first kappa shape index (κ1) is 16.1. The highest BCUT2D eigenvalue weighted by atomic mass is 16.5. The number of aryl methyl sites for hydroxylation is 1. The van der Waals surface area contributed by atoms with Crippen LogP contribution in [0.4, 0.5) is 0 Å². The number of unbranched alkanes of at least 4 members (excludes halogenated alkanes) is 1. The maximum atomic E-state index is 11.3. The predicted octanol–water partition coefficient (Wildman–Crippen LogP) is 4.38. The molecule has 0 unspecified atom stereocenters. The number of carbonyl (C=O) groups is 1. The summed E-state index contributed by atoms with van der Waals surface area (Å²) >= 11 is 0. The lowest BCUT2D eigenvalue weighted by molar-refractivity contribution is -0.134. The van der Waals surface area contributed by atoms with Crippen molar-refractivity contribution in [2.75, 3.05) is 14.2 Å². The summed E-state index contributed by atoms with van der Waals surface area (Å²) in [5.41, 5.74) is 2.33. The number of hydrogen-bond donors (Lipinski definition) is 0. The average Bonchev–Trinajstić information content (AvgIpc) is 2.57. The Kier molecular flexibility index (Phi) is 5.59. The molecule has 0 aromatic heterocycles. The summed E-state index contributed by atoms with van der Waals surface area (Å²) in [7, 11) is 3.06. The number of rotatable bonds is 6. The molecule has 116 valence electrons. The van der Waals surface area contributed by atoms with Crippen molar-refractivity contribution in [1.82, 2.24) is 0 Å². The molecule has 0 aliphatic heterocycles. The Balaban J connectivity index is 2.50. The Hall–Kier alpha value is -2.29. The molecule has 0 atom stereocenters. The smallest absolute Gasteiger partial charge is 0.330 e. The van der Waals surface area contributed by atoms with E-state index in [0.717, 1.165) is 36.0 Å². The van der Waals surface area contributed by atoms with E-state index in [-0.39, 0.29) is 5.97 Å². The van der Waals surface area contributed by atoms with E-state index in [1.54, 1.807) is 7.11 Å². The first-order chi connectivity index (χ1) is 10.7. The van der Waals surface area contributed by atoms with E-state index in [9.17, 15) is 4.79 Å². The van der Waals surface area contributed by atoms with Gasteiger partial charge in [0.2, 0.25) is 0 Å². The first-order valence-corrected chi connectivity index (χ1v) is 7.55. The number of methoxy groups -OCH3 is 2. The van der Waals surface area contributed by atoms with Gasteiger partial charge in [0, 0.05) is 6.08 Å². The lowest BCUT2D eigenvalue weighted by Gasteiger charge is -2.11. The van der Waals surface area contributed by atoms with Crippen molar-refractivity contribution >= 4 is 22.8 Å². The highest BCUT2D eigenvalue weighted by molar-refractivity contribution is 5.92. The van der Waals surface area contributed by atoms with E-state index >= 15 is 0 Å². The van der Waals surface area contributed by atoms with Crippen LogP contribution in [0.25, 0.3) is 16.8 Å². The largest absolute Gasteiger partial charge is 0.497 e. The van der Waals surface area contributed by atoms with Crippen molar-refractivity contribution < 1.29 is 14.3 Å². The molecule has 2 rings (SSSR count). The molecule has 0 saturated heterocycles. The Morgan fingerprint density at radius 3 is 2.68 bits per heavy atom. The summed E-state index contributed by atoms with van der Waals surface area (Å²) in [5, 5.41) is 2.36. The molecule has 0 heterocycles. The van der Waals surface area contributed by atoms with Gasteiger partial charge in [0.15, 0.2) is 0 Å². The predicted molar refractivity (Wildman–Crippen MR) is 90.2 cm³/mol. The number of ether oxygens (including phenoxy) is 2. The van der Waals surface area contributed by atoms with Gasteiger partial charge in [-0.1, -0.05) is 31.5 Å². The van der Waals surface area contributed by atoms with Crippen LogP contribution in [0.1, 0.15) is 30.9 Å². The number of carbonyl (C=O) groups excluding carboxylic acids is 1. The fraction of sp³-hybridized carbons (Fsp3) is 0.316. The van der Waals surface area contributed by atoms with Crippen molar-refractivity contribution in [3.8, 4) is 5.75 Å². The highest BCUT2D eigenvalue weighted by Gasteiger charge is 2.07. The number of benzene rings is 2. The van der Waals surface area contributed by atoms with Crippen molar-refractivity contribution in [2.24, 2.45) is 0 Å². The van der Waals surface area contributed by atoms with Gasteiger partial charge in [-0.05, 0) is 52.9 Å². The van der Waals surface area contributed by atoms with Crippen LogP contribution in [0, 0.1) is 0 Å². The van der Waals surface area contributed by atoms with E-state index in [4.69, 9.17) is 4.74 Å². The minimum absolute atomic E-state index is 0.337. The van der Waals surface area contributed by atoms with Crippen molar-refractivity contribution in [3.63, 3.8) is 0 Å². The molecule has 2 aromatic carbocycles. The molecule has 3 nitrogen and oxygen atoms in total. The van der Waals surface area contributed by atoms with Gasteiger partial charge in [-0.2, -0.15) is 0 Å². The molecule has 0 bridgehead atoms. The summed E-state index contributed by atoms with van der Waals surface area (Å²) in [6, 6.07) is 10.2. The van der Waals surface area contributed by atoms with Crippen LogP contribution >= 0.6 is 0 Å². The fourth-order valence-electron chi connectivity index (χ4n) is 2.53. The third-order valence-electron chi connectivity index (χ3n) is 3.76. The second-order valence-electron chi connectivity index (χ2n) is 5.18. The van der Waals surface area contributed by atoms with Gasteiger partial charge >= 0.3 is 5.97 Å². The van der Waals surface area contributed by atoms with Gasteiger partial charge in [-0.3, -0.25) is 0 Å². The minimum Gasteiger partial charge on any atom is -0.497 e. The molecule has 2 aromatic rings. The molecule has 0 fully saturated rings. The summed E-state index contributed by atoms with van der Waals surface area (Å²) in [6.07, 6.45) is 6.54. The first-order valence-electron chi connectivity index (χ1n) is 7.55. The normalized spacial score (nSPS) is 11.0. The Labute approximate surface area is 131 Å². The molecule has 0 N–H and O–H groups in total. The second kappa shape index (κ2) is 7.64. The molecule has 0 spiro atoms. The Bertz CT molecular complexity index is 686. The number of hydrogen-bond acceptors (Lipinski definition) is 3. The molecule has 22 heavy (non-hydrogen) atoms. The lowest BCUT2D eigenvalue weighted by Crippen LogP contribution is -1.96. The molecule has 3 heteroatoms. The lowest BCUT2D eigenvalue weighted by atomic mass is 9.94. The van der Waals surface area contributed by atoms with Gasteiger partial charge in [-0.25, -0.2) is 4.79 Å². The van der Waals surface area contributed by atoms with Crippen LogP contribution in [0.15, 0.2) is 36.4 Å². The zero-order valence-corrected chi connectivity index (χ0v) is 13.4. The molecule has 0 aliphatic carbocycles. The molecular formula is C19H22O3. The van der Waals surface area contributed by atoms with Crippen molar-refractivity contribution in [2.45, 2.75) is 26.2 Å². The molecule has 0 aliphatic rings. The molecular weight excluding hydrogens is 276 g/mol. The van der Waals surface area contributed by atoms with E-state index in [2.05, 4.69) is 23.8 Å². The van der Waals surface area contributed by atoms with Gasteiger partial charge < -0.3 is 9.47 Å². The van der Waals surface area contributed by atoms with Crippen molar-refractivity contribution in [1.29, 1.82) is 0 Å². The third-order valence-corrected chi connectivity index (χ3v) is 3.76. The van der Waals surface area contributed by atoms with E-state index in [1.807, 2.05) is 24.3 Å². The van der Waals surface area contributed by atoms with E-state index in [0.29, 0.717) is 0 Å². The molecule has 0 amide bonds. The maximum absolute atomic E-state index is 11.3. The van der Waals surface area contributed by atoms with Crippen LogP contribution in [-0.2, 0) is 16.0 Å². The van der Waals surface area contributed by atoms with Gasteiger partial charge in [0.05, 0.1) is 14.2 Å². The van der Waals surface area contributed by atoms with Crippen LogP contribution in [-0.4, -0.2) is 20.2 Å². The minimum atomic E-state index is -0.337. The molecule has 0 saturated carbocycles. The van der Waals surface area contributed by atoms with Crippen LogP contribution in [0.2, 0.25) is 0 Å². The molecule has 0 radical (unpaired) electrons. The number of fused-ring (bicyclic) bond motifs is 1. The van der Waals surface area contributed by atoms with Gasteiger partial charge in [0.25, 0.3) is 0 Å². The summed E-state index contributed by atoms with van der Waals surface area (Å²) in [6.45, 7) is 2.18. The Morgan fingerprint density at radius 2 is 2.00 bits per heavy atom. The van der Waals surface area contributed by atoms with Gasteiger partial charge in [-0.15, -0.1) is 0 Å². The second-order valence-corrected chi connectivity index (χ2v) is 5.18. The summed E-state index contributed by atoms with van der Waals surface area (Å²) in [5.74, 6) is 0.517. The van der Waals surface area contributed by atoms with E-state index in [1.165, 1.54) is 24.1 Å². The quantitative estimate of drug-likeness (QED) is 0.586. The van der Waals surface area contributed by atoms with Crippen LogP contribution < -0.4 is 4.74 Å². The number of esters is 1. The maximum Gasteiger partial charge on any atom is 0.330 e. The zero-order valence-electron chi connectivity index (χ0n) is 13.4. The van der Waals surface area contributed by atoms with Gasteiger partial charge in [0.1, 0.15) is 5.75 Å². The SMILES string of the molecule is CCCCc1c(C=CC(=O)OC)ccc2cc(OC)ccc12. The standard InChI is InChI=1S/C19H22O3/c1-4-5-6-17-14(9-12-19(20)22-3)7-8-15-13-16(21-2)10-11-18(15)17/h7-13H,4-6H2,1-3H3. The third kappa shape index (κ3) is 3.67. The topological polar surface area (TPSA) is 35.5 Å². The van der Waals surface area contributed by atoms with Crippen molar-refractivity contribution in [3.05, 3.63) is 47.5 Å². The monoisotopic (exact) mass is 298 g/mol. The highest BCUT2D eigenvalue weighted by Crippen LogP contribution is 2.28.